The quantitative estimate of drug-likeness (QED) is 0.890. The van der Waals surface area contributed by atoms with Crippen LogP contribution in [0.1, 0.15) is 25.2 Å². The van der Waals surface area contributed by atoms with E-state index in [9.17, 15) is 4.79 Å². The van der Waals surface area contributed by atoms with Gasteiger partial charge in [-0.05, 0) is 31.5 Å². The van der Waals surface area contributed by atoms with Gasteiger partial charge in [0.05, 0.1) is 6.54 Å². The van der Waals surface area contributed by atoms with E-state index in [1.807, 2.05) is 55.9 Å². The molecule has 2 aromatic rings. The lowest BCUT2D eigenvalue weighted by atomic mass is 10.2. The molecule has 0 saturated heterocycles. The first-order valence-electron chi connectivity index (χ1n) is 7.34. The molecule has 0 atom stereocenters. The van der Waals surface area contributed by atoms with Gasteiger partial charge in [-0.1, -0.05) is 12.1 Å². The van der Waals surface area contributed by atoms with Crippen molar-refractivity contribution in [3.8, 4) is 0 Å². The zero-order valence-corrected chi connectivity index (χ0v) is 13.3. The Labute approximate surface area is 130 Å². The third-order valence-corrected chi connectivity index (χ3v) is 3.56. The second-order valence-electron chi connectivity index (χ2n) is 5.51. The van der Waals surface area contributed by atoms with Crippen molar-refractivity contribution < 1.29 is 4.79 Å². The lowest BCUT2D eigenvalue weighted by Gasteiger charge is -2.26. The SMILES string of the molecule is CC(C)N(Cc1nccn1C)C(=O)Nc1ccc(CN)cc1. The fourth-order valence-corrected chi connectivity index (χ4v) is 2.11. The maximum atomic E-state index is 12.5. The minimum absolute atomic E-state index is 0.0695. The Bertz CT molecular complexity index is 618. The summed E-state index contributed by atoms with van der Waals surface area (Å²) >= 11 is 0. The van der Waals surface area contributed by atoms with Gasteiger partial charge < -0.3 is 20.5 Å². The van der Waals surface area contributed by atoms with Crippen LogP contribution < -0.4 is 11.1 Å². The molecule has 6 heteroatoms. The van der Waals surface area contributed by atoms with Crippen molar-refractivity contribution in [1.82, 2.24) is 14.5 Å². The van der Waals surface area contributed by atoms with Gasteiger partial charge in [-0.15, -0.1) is 0 Å². The molecule has 22 heavy (non-hydrogen) atoms. The molecule has 0 aliphatic carbocycles. The molecule has 0 saturated carbocycles. The number of urea groups is 1. The predicted octanol–water partition coefficient (Wildman–Crippen LogP) is 2.32. The van der Waals surface area contributed by atoms with E-state index in [4.69, 9.17) is 5.73 Å². The van der Waals surface area contributed by atoms with Gasteiger partial charge in [0.2, 0.25) is 0 Å². The standard InChI is InChI=1S/C16H23N5O/c1-12(2)21(11-15-18-8-9-20(15)3)16(22)19-14-6-4-13(10-17)5-7-14/h4-9,12H,10-11,17H2,1-3H3,(H,19,22). The highest BCUT2D eigenvalue weighted by atomic mass is 16.2. The van der Waals surface area contributed by atoms with E-state index >= 15 is 0 Å². The zero-order chi connectivity index (χ0) is 16.1. The van der Waals surface area contributed by atoms with E-state index in [-0.39, 0.29) is 12.1 Å². The predicted molar refractivity (Wildman–Crippen MR) is 87.2 cm³/mol. The van der Waals surface area contributed by atoms with Crippen LogP contribution >= 0.6 is 0 Å². The molecule has 0 spiro atoms. The lowest BCUT2D eigenvalue weighted by molar-refractivity contribution is 0.191. The summed E-state index contributed by atoms with van der Waals surface area (Å²) in [6.45, 7) is 4.93. The first kappa shape index (κ1) is 16.0. The highest BCUT2D eigenvalue weighted by Gasteiger charge is 2.19. The minimum Gasteiger partial charge on any atom is -0.337 e. The molecule has 2 amide bonds. The summed E-state index contributed by atoms with van der Waals surface area (Å²) in [6.07, 6.45) is 3.61. The van der Waals surface area contributed by atoms with Gasteiger partial charge in [-0.3, -0.25) is 0 Å². The number of anilines is 1. The number of hydrogen-bond acceptors (Lipinski definition) is 3. The molecule has 0 fully saturated rings. The minimum atomic E-state index is -0.140. The summed E-state index contributed by atoms with van der Waals surface area (Å²) in [4.78, 5) is 18.5. The number of amides is 2. The van der Waals surface area contributed by atoms with Gasteiger partial charge in [0, 0.05) is 37.7 Å². The van der Waals surface area contributed by atoms with Crippen LogP contribution in [0.2, 0.25) is 0 Å². The summed E-state index contributed by atoms with van der Waals surface area (Å²) in [6, 6.07) is 7.47. The van der Waals surface area contributed by atoms with E-state index in [1.165, 1.54) is 0 Å². The number of carbonyl (C=O) groups excluding carboxylic acids is 1. The van der Waals surface area contributed by atoms with Crippen LogP contribution in [0.5, 0.6) is 0 Å². The third kappa shape index (κ3) is 3.85. The van der Waals surface area contributed by atoms with Gasteiger partial charge >= 0.3 is 6.03 Å². The van der Waals surface area contributed by atoms with Gasteiger partial charge in [-0.25, -0.2) is 9.78 Å². The smallest absolute Gasteiger partial charge is 0.322 e. The summed E-state index contributed by atoms with van der Waals surface area (Å²) in [5, 5.41) is 2.92. The highest BCUT2D eigenvalue weighted by Crippen LogP contribution is 2.13. The molecule has 118 valence electrons. The number of imidazole rings is 1. The Kier molecular flexibility index (Phi) is 5.16. The molecular weight excluding hydrogens is 278 g/mol. The summed E-state index contributed by atoms with van der Waals surface area (Å²) in [7, 11) is 1.92. The van der Waals surface area contributed by atoms with Gasteiger partial charge in [0.15, 0.2) is 0 Å². The second-order valence-corrected chi connectivity index (χ2v) is 5.51. The van der Waals surface area contributed by atoms with Crippen LogP contribution in [0.15, 0.2) is 36.7 Å². The monoisotopic (exact) mass is 301 g/mol. The molecule has 0 aliphatic heterocycles. The van der Waals surface area contributed by atoms with Crippen LogP contribution in [0.4, 0.5) is 10.5 Å². The van der Waals surface area contributed by atoms with Gasteiger partial charge in [0.25, 0.3) is 0 Å². The fourth-order valence-electron chi connectivity index (χ4n) is 2.11. The largest absolute Gasteiger partial charge is 0.337 e. The normalized spacial score (nSPS) is 10.8. The maximum absolute atomic E-state index is 12.5. The van der Waals surface area contributed by atoms with Gasteiger partial charge in [-0.2, -0.15) is 0 Å². The number of benzene rings is 1. The van der Waals surface area contributed by atoms with E-state index < -0.39 is 0 Å². The number of aryl methyl sites for hydroxylation is 1. The number of aromatic nitrogens is 2. The molecule has 0 unspecified atom stereocenters. The number of nitrogens with two attached hydrogens (primary N) is 1. The molecule has 1 aromatic heterocycles. The third-order valence-electron chi connectivity index (χ3n) is 3.56. The average molecular weight is 301 g/mol. The highest BCUT2D eigenvalue weighted by molar-refractivity contribution is 5.89. The van der Waals surface area contributed by atoms with Crippen LogP contribution in [-0.2, 0) is 20.1 Å². The first-order chi connectivity index (χ1) is 10.5. The topological polar surface area (TPSA) is 76.2 Å². The number of carbonyl (C=O) groups is 1. The Morgan fingerprint density at radius 2 is 2.05 bits per heavy atom. The van der Waals surface area contributed by atoms with E-state index in [2.05, 4.69) is 10.3 Å². The first-order valence-corrected chi connectivity index (χ1v) is 7.34. The van der Waals surface area contributed by atoms with Crippen molar-refractivity contribution in [1.29, 1.82) is 0 Å². The molecule has 1 aromatic carbocycles. The average Bonchev–Trinajstić information content (AvgIpc) is 2.90. The molecule has 0 bridgehead atoms. The van der Waals surface area contributed by atoms with Gasteiger partial charge in [0.1, 0.15) is 5.82 Å². The zero-order valence-electron chi connectivity index (χ0n) is 13.3. The number of rotatable bonds is 5. The Morgan fingerprint density at radius 1 is 1.36 bits per heavy atom. The summed E-state index contributed by atoms with van der Waals surface area (Å²) < 4.78 is 1.92. The van der Waals surface area contributed by atoms with Crippen molar-refractivity contribution >= 4 is 11.7 Å². The number of hydrogen-bond donors (Lipinski definition) is 2. The van der Waals surface area contributed by atoms with Crippen molar-refractivity contribution in [2.75, 3.05) is 5.32 Å². The summed E-state index contributed by atoms with van der Waals surface area (Å²) in [5.74, 6) is 0.849. The molecule has 2 rings (SSSR count). The van der Waals surface area contributed by atoms with Crippen molar-refractivity contribution in [3.05, 3.63) is 48.0 Å². The van der Waals surface area contributed by atoms with Crippen molar-refractivity contribution in [2.45, 2.75) is 33.0 Å². The molecule has 0 radical (unpaired) electrons. The molecule has 3 N–H and O–H groups in total. The Balaban J connectivity index is 2.07. The van der Waals surface area contributed by atoms with Crippen molar-refractivity contribution in [2.24, 2.45) is 12.8 Å². The van der Waals surface area contributed by atoms with E-state index in [0.29, 0.717) is 13.1 Å². The fraction of sp³-hybridized carbons (Fsp3) is 0.375. The molecule has 6 nitrogen and oxygen atoms in total. The summed E-state index contributed by atoms with van der Waals surface area (Å²) in [5.41, 5.74) is 7.37. The number of nitrogens with zero attached hydrogens (tertiary/aromatic N) is 3. The van der Waals surface area contributed by atoms with Crippen molar-refractivity contribution in [3.63, 3.8) is 0 Å². The second kappa shape index (κ2) is 7.09. The molecular formula is C16H23N5O. The van der Waals surface area contributed by atoms with Crippen LogP contribution in [-0.4, -0.2) is 26.5 Å². The Morgan fingerprint density at radius 3 is 2.55 bits per heavy atom. The molecule has 0 aliphatic rings. The van der Waals surface area contributed by atoms with E-state index in [1.54, 1.807) is 11.1 Å². The van der Waals surface area contributed by atoms with Crippen LogP contribution in [0.25, 0.3) is 0 Å². The Hall–Kier alpha value is -2.34. The molecule has 1 heterocycles. The maximum Gasteiger partial charge on any atom is 0.322 e. The van der Waals surface area contributed by atoms with Crippen LogP contribution in [0.3, 0.4) is 0 Å². The van der Waals surface area contributed by atoms with E-state index in [0.717, 1.165) is 17.1 Å². The van der Waals surface area contributed by atoms with Crippen LogP contribution in [0, 0.1) is 0 Å². The lowest BCUT2D eigenvalue weighted by Crippen LogP contribution is -2.40. The number of nitrogens with one attached hydrogen (secondary N) is 1.